The van der Waals surface area contributed by atoms with Crippen molar-refractivity contribution in [1.82, 2.24) is 10.1 Å². The van der Waals surface area contributed by atoms with E-state index in [9.17, 15) is 0 Å². The fourth-order valence-electron chi connectivity index (χ4n) is 2.08. The Hall–Kier alpha value is -2.15. The van der Waals surface area contributed by atoms with Gasteiger partial charge < -0.3 is 4.52 Å². The third-order valence-corrected chi connectivity index (χ3v) is 3.61. The second kappa shape index (κ2) is 5.87. The van der Waals surface area contributed by atoms with Gasteiger partial charge in [-0.1, -0.05) is 42.4 Å². The Balaban J connectivity index is 2.22. The first-order valence-corrected chi connectivity index (χ1v) is 6.82. The molecular weight excluding hydrogens is 250 g/mol. The van der Waals surface area contributed by atoms with Crippen molar-refractivity contribution in [2.45, 2.75) is 44.9 Å². The molecule has 1 atom stereocenters. The first-order valence-electron chi connectivity index (χ1n) is 6.82. The smallest absolute Gasteiger partial charge is 0.229 e. The van der Waals surface area contributed by atoms with Crippen LogP contribution in [0, 0.1) is 11.3 Å². The van der Waals surface area contributed by atoms with Crippen molar-refractivity contribution in [3.05, 3.63) is 47.6 Å². The molecule has 1 heterocycles. The van der Waals surface area contributed by atoms with Crippen LogP contribution < -0.4 is 0 Å². The van der Waals surface area contributed by atoms with Gasteiger partial charge in [-0.25, -0.2) is 0 Å². The minimum absolute atomic E-state index is 0.113. The Morgan fingerprint density at radius 1 is 1.30 bits per heavy atom. The molecule has 0 spiro atoms. The normalized spacial score (nSPS) is 12.9. The Bertz CT molecular complexity index is 596. The van der Waals surface area contributed by atoms with E-state index in [2.05, 4.69) is 42.2 Å². The predicted octanol–water partition coefficient (Wildman–Crippen LogP) is 3.80. The Morgan fingerprint density at radius 3 is 2.65 bits per heavy atom. The van der Waals surface area contributed by atoms with Crippen molar-refractivity contribution in [3.63, 3.8) is 0 Å². The van der Waals surface area contributed by atoms with E-state index >= 15 is 0 Å². The molecule has 0 saturated carbocycles. The molecule has 0 bridgehead atoms. The van der Waals surface area contributed by atoms with E-state index in [0.29, 0.717) is 18.1 Å². The summed E-state index contributed by atoms with van der Waals surface area (Å²) in [5.74, 6) is 1.41. The fourth-order valence-corrected chi connectivity index (χ4v) is 2.08. The first kappa shape index (κ1) is 14.3. The van der Waals surface area contributed by atoms with Crippen LogP contribution in [0.1, 0.15) is 56.8 Å². The van der Waals surface area contributed by atoms with Crippen LogP contribution in [0.5, 0.6) is 0 Å². The summed E-state index contributed by atoms with van der Waals surface area (Å²) in [6.07, 6.45) is 1.24. The zero-order valence-corrected chi connectivity index (χ0v) is 12.1. The molecule has 0 amide bonds. The van der Waals surface area contributed by atoms with Crippen LogP contribution in [0.2, 0.25) is 0 Å². The maximum absolute atomic E-state index is 8.63. The number of aromatic nitrogens is 2. The summed E-state index contributed by atoms with van der Waals surface area (Å²) >= 11 is 0. The van der Waals surface area contributed by atoms with Crippen LogP contribution >= 0.6 is 0 Å². The van der Waals surface area contributed by atoms with Crippen LogP contribution in [0.15, 0.2) is 34.9 Å². The maximum Gasteiger partial charge on any atom is 0.229 e. The van der Waals surface area contributed by atoms with Gasteiger partial charge in [-0.3, -0.25) is 0 Å². The van der Waals surface area contributed by atoms with E-state index in [4.69, 9.17) is 9.78 Å². The summed E-state index contributed by atoms with van der Waals surface area (Å²) in [6, 6.07) is 12.3. The Kier molecular flexibility index (Phi) is 4.19. The first-order chi connectivity index (χ1) is 9.55. The predicted molar refractivity (Wildman–Crippen MR) is 76.1 cm³/mol. The summed E-state index contributed by atoms with van der Waals surface area (Å²) in [6.45, 7) is 6.16. The molecule has 0 aliphatic heterocycles. The molecule has 104 valence electrons. The lowest BCUT2D eigenvalue weighted by Gasteiger charge is -2.20. The van der Waals surface area contributed by atoms with Gasteiger partial charge in [0.1, 0.15) is 0 Å². The highest BCUT2D eigenvalue weighted by atomic mass is 16.5. The highest BCUT2D eigenvalue weighted by molar-refractivity contribution is 5.30. The SMILES string of the molecule is CC(CCC#N)c1nc(C(C)(C)c2ccccc2)no1. The Morgan fingerprint density at radius 2 is 2.00 bits per heavy atom. The van der Waals surface area contributed by atoms with Crippen molar-refractivity contribution in [2.24, 2.45) is 0 Å². The van der Waals surface area contributed by atoms with Crippen LogP contribution in [0.4, 0.5) is 0 Å². The van der Waals surface area contributed by atoms with Crippen molar-refractivity contribution >= 4 is 0 Å². The summed E-state index contributed by atoms with van der Waals surface area (Å²) in [5.41, 5.74) is 0.856. The summed E-state index contributed by atoms with van der Waals surface area (Å²) in [4.78, 5) is 4.52. The third-order valence-electron chi connectivity index (χ3n) is 3.61. The molecule has 4 heteroatoms. The average molecular weight is 269 g/mol. The molecule has 0 saturated heterocycles. The minimum atomic E-state index is -0.294. The largest absolute Gasteiger partial charge is 0.339 e. The zero-order valence-electron chi connectivity index (χ0n) is 12.1. The molecule has 4 nitrogen and oxygen atoms in total. The van der Waals surface area contributed by atoms with Crippen molar-refractivity contribution in [1.29, 1.82) is 5.26 Å². The van der Waals surface area contributed by atoms with Crippen molar-refractivity contribution in [3.8, 4) is 6.07 Å². The van der Waals surface area contributed by atoms with Gasteiger partial charge in [-0.15, -0.1) is 0 Å². The second-order valence-electron chi connectivity index (χ2n) is 5.55. The van der Waals surface area contributed by atoms with Gasteiger partial charge in [-0.2, -0.15) is 10.2 Å². The molecule has 2 rings (SSSR count). The van der Waals surface area contributed by atoms with Crippen molar-refractivity contribution < 1.29 is 4.52 Å². The standard InChI is InChI=1S/C16H19N3O/c1-12(8-7-11-17)14-18-15(19-20-14)16(2,3)13-9-5-4-6-10-13/h4-6,9-10,12H,7-8H2,1-3H3. The number of nitriles is 1. The van der Waals surface area contributed by atoms with E-state index in [1.165, 1.54) is 0 Å². The number of benzene rings is 1. The van der Waals surface area contributed by atoms with Crippen LogP contribution in [-0.2, 0) is 5.41 Å². The summed E-state index contributed by atoms with van der Waals surface area (Å²) in [7, 11) is 0. The lowest BCUT2D eigenvalue weighted by Crippen LogP contribution is -2.20. The number of hydrogen-bond acceptors (Lipinski definition) is 4. The topological polar surface area (TPSA) is 62.7 Å². The molecule has 0 aliphatic carbocycles. The minimum Gasteiger partial charge on any atom is -0.339 e. The molecule has 0 radical (unpaired) electrons. The van der Waals surface area contributed by atoms with Gasteiger partial charge in [0.2, 0.25) is 5.89 Å². The van der Waals surface area contributed by atoms with E-state index in [1.807, 2.05) is 25.1 Å². The van der Waals surface area contributed by atoms with Gasteiger partial charge in [0.25, 0.3) is 0 Å². The molecule has 2 aromatic rings. The third kappa shape index (κ3) is 2.88. The van der Waals surface area contributed by atoms with E-state index < -0.39 is 0 Å². The quantitative estimate of drug-likeness (QED) is 0.828. The molecule has 1 aromatic heterocycles. The van der Waals surface area contributed by atoms with E-state index in [1.54, 1.807) is 0 Å². The molecule has 1 aromatic carbocycles. The molecule has 20 heavy (non-hydrogen) atoms. The van der Waals surface area contributed by atoms with Gasteiger partial charge in [0.15, 0.2) is 5.82 Å². The Labute approximate surface area is 119 Å². The molecular formula is C16H19N3O. The summed E-state index contributed by atoms with van der Waals surface area (Å²) < 4.78 is 5.36. The fraction of sp³-hybridized carbons (Fsp3) is 0.438. The maximum atomic E-state index is 8.63. The molecule has 1 unspecified atom stereocenters. The number of nitrogens with zero attached hydrogens (tertiary/aromatic N) is 3. The lowest BCUT2D eigenvalue weighted by molar-refractivity contribution is 0.345. The van der Waals surface area contributed by atoms with Gasteiger partial charge in [0, 0.05) is 12.3 Å². The molecule has 0 N–H and O–H groups in total. The zero-order chi connectivity index (χ0) is 14.6. The van der Waals surface area contributed by atoms with Crippen LogP contribution in [0.3, 0.4) is 0 Å². The van der Waals surface area contributed by atoms with Gasteiger partial charge in [-0.05, 0) is 25.8 Å². The van der Waals surface area contributed by atoms with E-state index in [0.717, 1.165) is 12.0 Å². The van der Waals surface area contributed by atoms with Crippen LogP contribution in [-0.4, -0.2) is 10.1 Å². The van der Waals surface area contributed by atoms with Gasteiger partial charge in [0.05, 0.1) is 11.5 Å². The lowest BCUT2D eigenvalue weighted by atomic mass is 9.84. The van der Waals surface area contributed by atoms with Crippen molar-refractivity contribution in [2.75, 3.05) is 0 Å². The number of rotatable bonds is 5. The molecule has 0 aliphatic rings. The average Bonchev–Trinajstić information content (AvgIpc) is 2.96. The van der Waals surface area contributed by atoms with Crippen LogP contribution in [0.25, 0.3) is 0 Å². The highest BCUT2D eigenvalue weighted by Gasteiger charge is 2.29. The van der Waals surface area contributed by atoms with Gasteiger partial charge >= 0.3 is 0 Å². The second-order valence-corrected chi connectivity index (χ2v) is 5.55. The monoisotopic (exact) mass is 269 g/mol. The number of hydrogen-bond donors (Lipinski definition) is 0. The van der Waals surface area contributed by atoms with E-state index in [-0.39, 0.29) is 11.3 Å². The summed E-state index contributed by atoms with van der Waals surface area (Å²) in [5, 5.41) is 12.8. The molecule has 0 fully saturated rings. The highest BCUT2D eigenvalue weighted by Crippen LogP contribution is 2.30.